The first-order valence-electron chi connectivity index (χ1n) is 5.26. The van der Waals surface area contributed by atoms with Crippen molar-refractivity contribution < 1.29 is 24.5 Å². The first-order valence-corrected chi connectivity index (χ1v) is 5.26. The van der Waals surface area contributed by atoms with Gasteiger partial charge >= 0.3 is 11.9 Å². The fraction of sp³-hybridized carbons (Fsp3) is 0.727. The number of hydrogen-bond donors (Lipinski definition) is 2. The molecule has 0 unspecified atom stereocenters. The van der Waals surface area contributed by atoms with Gasteiger partial charge in [0, 0.05) is 13.0 Å². The number of ether oxygens (including phenoxy) is 2. The number of rotatable bonds is 6. The Morgan fingerprint density at radius 1 is 1.25 bits per heavy atom. The highest BCUT2D eigenvalue weighted by atomic mass is 16.8. The van der Waals surface area contributed by atoms with Gasteiger partial charge in [0.15, 0.2) is 0 Å². The van der Waals surface area contributed by atoms with Crippen LogP contribution in [-0.2, 0) is 14.3 Å². The van der Waals surface area contributed by atoms with Crippen LogP contribution in [0.1, 0.15) is 34.1 Å². The second-order valence-electron chi connectivity index (χ2n) is 3.60. The zero-order valence-electron chi connectivity index (χ0n) is 10.2. The van der Waals surface area contributed by atoms with E-state index in [0.29, 0.717) is 12.2 Å². The van der Waals surface area contributed by atoms with Crippen LogP contribution >= 0.6 is 0 Å². The van der Waals surface area contributed by atoms with Crippen LogP contribution in [0.5, 0.6) is 0 Å². The molecule has 0 aromatic rings. The topological polar surface area (TPSA) is 76.0 Å². The summed E-state index contributed by atoms with van der Waals surface area (Å²) in [5, 5.41) is 18.4. The summed E-state index contributed by atoms with van der Waals surface area (Å²) in [6.45, 7) is 7.36. The average Bonchev–Trinajstić information content (AvgIpc) is 2.17. The van der Waals surface area contributed by atoms with Crippen molar-refractivity contribution in [2.45, 2.75) is 40.1 Å². The fourth-order valence-electron chi connectivity index (χ4n) is 0.894. The Morgan fingerprint density at radius 2 is 1.81 bits per heavy atom. The van der Waals surface area contributed by atoms with Gasteiger partial charge in [0.25, 0.3) is 0 Å². The van der Waals surface area contributed by atoms with Crippen molar-refractivity contribution in [3.8, 4) is 0 Å². The van der Waals surface area contributed by atoms with Gasteiger partial charge in [-0.3, -0.25) is 0 Å². The molecule has 0 rings (SSSR count). The molecule has 0 amide bonds. The molecule has 94 valence electrons. The average molecular weight is 232 g/mol. The van der Waals surface area contributed by atoms with Crippen molar-refractivity contribution in [2.24, 2.45) is 0 Å². The van der Waals surface area contributed by atoms with Crippen LogP contribution in [0.15, 0.2) is 11.1 Å². The second-order valence-corrected chi connectivity index (χ2v) is 3.60. The smallest absolute Gasteiger partial charge is 0.340 e. The van der Waals surface area contributed by atoms with Crippen molar-refractivity contribution in [1.82, 2.24) is 0 Å². The van der Waals surface area contributed by atoms with Crippen molar-refractivity contribution in [3.05, 3.63) is 11.1 Å². The van der Waals surface area contributed by atoms with Crippen LogP contribution in [0, 0.1) is 0 Å². The van der Waals surface area contributed by atoms with E-state index in [9.17, 15) is 15.0 Å². The minimum absolute atomic E-state index is 0.0938. The zero-order chi connectivity index (χ0) is 12.8. The standard InChI is InChI=1S/C11H20O5/c1-5-11(13,14)16-10(12)9(8(3)4)7-15-6-2/h13-14H,5-7H2,1-4H3. The Kier molecular flexibility index (Phi) is 6.25. The molecule has 0 atom stereocenters. The highest BCUT2D eigenvalue weighted by Gasteiger charge is 2.27. The normalized spacial score (nSPS) is 11.1. The third kappa shape index (κ3) is 5.25. The summed E-state index contributed by atoms with van der Waals surface area (Å²) in [7, 11) is 0. The van der Waals surface area contributed by atoms with Crippen LogP contribution < -0.4 is 0 Å². The number of carbonyl (C=O) groups excluding carboxylic acids is 1. The third-order valence-corrected chi connectivity index (χ3v) is 2.02. The lowest BCUT2D eigenvalue weighted by Gasteiger charge is -2.20. The Hall–Kier alpha value is -0.910. The molecule has 5 nitrogen and oxygen atoms in total. The van der Waals surface area contributed by atoms with Gasteiger partial charge in [-0.15, -0.1) is 0 Å². The lowest BCUT2D eigenvalue weighted by atomic mass is 10.1. The van der Waals surface area contributed by atoms with Crippen LogP contribution in [0.25, 0.3) is 0 Å². The van der Waals surface area contributed by atoms with E-state index in [1.807, 2.05) is 6.92 Å². The Balaban J connectivity index is 4.60. The largest absolute Gasteiger partial charge is 0.405 e. The molecule has 0 spiro atoms. The Bertz CT molecular complexity index is 264. The van der Waals surface area contributed by atoms with E-state index in [2.05, 4.69) is 4.74 Å². The molecule has 2 N–H and O–H groups in total. The van der Waals surface area contributed by atoms with Crippen LogP contribution in [0.3, 0.4) is 0 Å². The van der Waals surface area contributed by atoms with Crippen molar-refractivity contribution in [3.63, 3.8) is 0 Å². The molecular formula is C11H20O5. The summed E-state index contributed by atoms with van der Waals surface area (Å²) >= 11 is 0. The number of esters is 1. The van der Waals surface area contributed by atoms with Crippen LogP contribution in [0.2, 0.25) is 0 Å². The summed E-state index contributed by atoms with van der Waals surface area (Å²) in [6.07, 6.45) is -0.0938. The van der Waals surface area contributed by atoms with E-state index in [1.54, 1.807) is 13.8 Å². The molecule has 0 radical (unpaired) electrons. The number of allylic oxidation sites excluding steroid dienone is 1. The second kappa shape index (κ2) is 6.62. The summed E-state index contributed by atoms with van der Waals surface area (Å²) < 4.78 is 9.65. The molecule has 0 aliphatic heterocycles. The van der Waals surface area contributed by atoms with E-state index in [0.717, 1.165) is 5.57 Å². The van der Waals surface area contributed by atoms with Crippen LogP contribution in [0.4, 0.5) is 0 Å². The van der Waals surface area contributed by atoms with E-state index < -0.39 is 11.9 Å². The number of carbonyl (C=O) groups is 1. The molecular weight excluding hydrogens is 212 g/mol. The van der Waals surface area contributed by atoms with Gasteiger partial charge in [0.2, 0.25) is 0 Å². The van der Waals surface area contributed by atoms with E-state index >= 15 is 0 Å². The molecule has 0 saturated carbocycles. The lowest BCUT2D eigenvalue weighted by molar-refractivity contribution is -0.318. The zero-order valence-corrected chi connectivity index (χ0v) is 10.2. The summed E-state index contributed by atoms with van der Waals surface area (Å²) in [5.41, 5.74) is 1.04. The number of hydrogen-bond acceptors (Lipinski definition) is 5. The molecule has 0 aliphatic rings. The lowest BCUT2D eigenvalue weighted by Crippen LogP contribution is -2.35. The Morgan fingerprint density at radius 3 is 2.19 bits per heavy atom. The predicted octanol–water partition coefficient (Wildman–Crippen LogP) is 0.951. The monoisotopic (exact) mass is 232 g/mol. The van der Waals surface area contributed by atoms with Gasteiger partial charge in [-0.1, -0.05) is 12.5 Å². The third-order valence-electron chi connectivity index (χ3n) is 2.02. The van der Waals surface area contributed by atoms with Gasteiger partial charge in [0.05, 0.1) is 12.2 Å². The minimum Gasteiger partial charge on any atom is -0.405 e. The highest BCUT2D eigenvalue weighted by molar-refractivity contribution is 5.89. The van der Waals surface area contributed by atoms with E-state index in [4.69, 9.17) is 4.74 Å². The maximum absolute atomic E-state index is 11.6. The molecule has 0 aromatic carbocycles. The molecule has 0 aromatic heterocycles. The van der Waals surface area contributed by atoms with Crippen molar-refractivity contribution >= 4 is 5.97 Å². The highest BCUT2D eigenvalue weighted by Crippen LogP contribution is 2.13. The molecule has 16 heavy (non-hydrogen) atoms. The molecule has 0 aliphatic carbocycles. The number of aliphatic hydroxyl groups is 2. The predicted molar refractivity (Wildman–Crippen MR) is 58.4 cm³/mol. The fourth-order valence-corrected chi connectivity index (χ4v) is 0.894. The maximum atomic E-state index is 11.6. The molecule has 0 saturated heterocycles. The van der Waals surface area contributed by atoms with E-state index in [-0.39, 0.29) is 13.0 Å². The summed E-state index contributed by atoms with van der Waals surface area (Å²) in [5.74, 6) is -3.18. The first kappa shape index (κ1) is 15.1. The summed E-state index contributed by atoms with van der Waals surface area (Å²) in [4.78, 5) is 11.6. The molecule has 0 bridgehead atoms. The van der Waals surface area contributed by atoms with Crippen molar-refractivity contribution in [1.29, 1.82) is 0 Å². The van der Waals surface area contributed by atoms with E-state index in [1.165, 1.54) is 6.92 Å². The van der Waals surface area contributed by atoms with Gasteiger partial charge in [0.1, 0.15) is 0 Å². The SMILES string of the molecule is CCOCC(C(=O)OC(O)(O)CC)=C(C)C. The maximum Gasteiger partial charge on any atom is 0.340 e. The Labute approximate surface area is 95.7 Å². The quantitative estimate of drug-likeness (QED) is 0.405. The molecule has 5 heteroatoms. The van der Waals surface area contributed by atoms with Gasteiger partial charge in [-0.05, 0) is 20.8 Å². The van der Waals surface area contributed by atoms with Gasteiger partial charge in [-0.2, -0.15) is 0 Å². The molecule has 0 heterocycles. The van der Waals surface area contributed by atoms with Gasteiger partial charge < -0.3 is 19.7 Å². The molecule has 0 fully saturated rings. The van der Waals surface area contributed by atoms with Crippen LogP contribution in [-0.4, -0.2) is 35.4 Å². The van der Waals surface area contributed by atoms with Crippen molar-refractivity contribution in [2.75, 3.05) is 13.2 Å². The summed E-state index contributed by atoms with van der Waals surface area (Å²) in [6, 6.07) is 0. The first-order chi connectivity index (χ1) is 7.34. The van der Waals surface area contributed by atoms with Gasteiger partial charge in [-0.25, -0.2) is 4.79 Å². The minimum atomic E-state index is -2.41.